The van der Waals surface area contributed by atoms with Crippen LogP contribution >= 0.6 is 10.7 Å². The largest absolute Gasteiger partial charge is 0.344 e. The summed E-state index contributed by atoms with van der Waals surface area (Å²) in [7, 11) is 1.26. The molecule has 1 heterocycles. The van der Waals surface area contributed by atoms with Gasteiger partial charge >= 0.3 is 0 Å². The smallest absolute Gasteiger partial charge is 0.263 e. The molecule has 0 spiro atoms. The molecule has 4 nitrogen and oxygen atoms in total. The highest BCUT2D eigenvalue weighted by atomic mass is 35.7. The SMILES string of the molecule is O=S(=O)(Cl)C1=COOC1. The van der Waals surface area contributed by atoms with E-state index in [0.29, 0.717) is 0 Å². The van der Waals surface area contributed by atoms with E-state index in [1.165, 1.54) is 0 Å². The Labute approximate surface area is 56.4 Å². The quantitative estimate of drug-likeness (QED) is 0.421. The molecule has 0 N–H and O–H groups in total. The van der Waals surface area contributed by atoms with Crippen molar-refractivity contribution in [2.75, 3.05) is 6.61 Å². The third-order valence-corrected chi connectivity index (χ3v) is 2.20. The van der Waals surface area contributed by atoms with Gasteiger partial charge in [0.1, 0.15) is 17.8 Å². The fourth-order valence-electron chi connectivity index (χ4n) is 0.342. The molecule has 6 heteroatoms. The van der Waals surface area contributed by atoms with E-state index in [9.17, 15) is 8.42 Å². The zero-order valence-electron chi connectivity index (χ0n) is 4.20. The zero-order chi connectivity index (χ0) is 6.91. The summed E-state index contributed by atoms with van der Waals surface area (Å²) in [6.07, 6.45) is 0.961. The minimum atomic E-state index is -3.62. The molecule has 0 aromatic heterocycles. The number of halogens is 1. The fourth-order valence-corrected chi connectivity index (χ4v) is 0.927. The van der Waals surface area contributed by atoms with Crippen molar-refractivity contribution in [3.63, 3.8) is 0 Å². The lowest BCUT2D eigenvalue weighted by Crippen LogP contribution is -1.96. The Balaban J connectivity index is 2.87. The first kappa shape index (κ1) is 6.85. The van der Waals surface area contributed by atoms with Crippen molar-refractivity contribution in [3.05, 3.63) is 11.2 Å². The average molecular weight is 171 g/mol. The highest BCUT2D eigenvalue weighted by molar-refractivity contribution is 8.16. The first-order chi connectivity index (χ1) is 4.11. The van der Waals surface area contributed by atoms with Gasteiger partial charge in [-0.3, -0.25) is 0 Å². The molecule has 0 fully saturated rings. The molecular formula is C3H3ClO4S. The summed E-state index contributed by atoms with van der Waals surface area (Å²) in [6, 6.07) is 0. The van der Waals surface area contributed by atoms with Gasteiger partial charge in [0.15, 0.2) is 0 Å². The predicted molar refractivity (Wildman–Crippen MR) is 29.9 cm³/mol. The highest BCUT2D eigenvalue weighted by Gasteiger charge is 2.19. The Morgan fingerprint density at radius 3 is 2.56 bits per heavy atom. The van der Waals surface area contributed by atoms with E-state index in [4.69, 9.17) is 10.7 Å². The molecule has 9 heavy (non-hydrogen) atoms. The van der Waals surface area contributed by atoms with E-state index in [1.54, 1.807) is 0 Å². The average Bonchev–Trinajstić information content (AvgIpc) is 2.08. The second kappa shape index (κ2) is 2.17. The summed E-state index contributed by atoms with van der Waals surface area (Å²) in [5.74, 6) is 0. The van der Waals surface area contributed by atoms with Gasteiger partial charge in [0, 0.05) is 10.7 Å². The van der Waals surface area contributed by atoms with Crippen LogP contribution in [0, 0.1) is 0 Å². The molecule has 0 radical (unpaired) electrons. The van der Waals surface area contributed by atoms with Gasteiger partial charge in [0.25, 0.3) is 9.05 Å². The predicted octanol–water partition coefficient (Wildman–Crippen LogP) is 0.358. The van der Waals surface area contributed by atoms with Gasteiger partial charge in [-0.25, -0.2) is 8.42 Å². The Morgan fingerprint density at radius 2 is 2.33 bits per heavy atom. The molecule has 0 aliphatic carbocycles. The Hall–Kier alpha value is -0.260. The molecule has 0 aromatic carbocycles. The zero-order valence-corrected chi connectivity index (χ0v) is 5.78. The minimum Gasteiger partial charge on any atom is -0.344 e. The van der Waals surface area contributed by atoms with Crippen LogP contribution in [-0.4, -0.2) is 15.0 Å². The summed E-state index contributed by atoms with van der Waals surface area (Å²) < 4.78 is 20.7. The van der Waals surface area contributed by atoms with Gasteiger partial charge in [-0.1, -0.05) is 0 Å². The number of rotatable bonds is 1. The van der Waals surface area contributed by atoms with Crippen molar-refractivity contribution >= 4 is 19.7 Å². The van der Waals surface area contributed by atoms with Gasteiger partial charge in [-0.2, -0.15) is 4.89 Å². The van der Waals surface area contributed by atoms with Crippen LogP contribution in [0.5, 0.6) is 0 Å². The molecule has 0 saturated heterocycles. The molecule has 0 atom stereocenters. The van der Waals surface area contributed by atoms with Crippen LogP contribution in [0.25, 0.3) is 0 Å². The van der Waals surface area contributed by atoms with E-state index in [-0.39, 0.29) is 11.5 Å². The van der Waals surface area contributed by atoms with Crippen LogP contribution < -0.4 is 0 Å². The van der Waals surface area contributed by atoms with Crippen LogP contribution in [0.1, 0.15) is 0 Å². The van der Waals surface area contributed by atoms with Crippen molar-refractivity contribution in [2.24, 2.45) is 0 Å². The van der Waals surface area contributed by atoms with Gasteiger partial charge in [-0.15, -0.1) is 0 Å². The molecule has 0 amide bonds. The lowest BCUT2D eigenvalue weighted by molar-refractivity contribution is -0.221. The Bertz CT molecular complexity index is 228. The van der Waals surface area contributed by atoms with E-state index >= 15 is 0 Å². The molecular weight excluding hydrogens is 168 g/mol. The maximum absolute atomic E-state index is 10.4. The monoisotopic (exact) mass is 170 g/mol. The summed E-state index contributed by atoms with van der Waals surface area (Å²) >= 11 is 0. The van der Waals surface area contributed by atoms with Gasteiger partial charge < -0.3 is 4.89 Å². The van der Waals surface area contributed by atoms with Crippen LogP contribution in [0.2, 0.25) is 0 Å². The second-order valence-corrected chi connectivity index (χ2v) is 4.00. The van der Waals surface area contributed by atoms with Crippen molar-refractivity contribution in [2.45, 2.75) is 0 Å². The summed E-state index contributed by atoms with van der Waals surface area (Å²) in [6.45, 7) is -0.105. The molecule has 0 saturated carbocycles. The molecule has 0 aromatic rings. The van der Waals surface area contributed by atoms with Crippen molar-refractivity contribution < 1.29 is 18.2 Å². The number of hydrogen-bond donors (Lipinski definition) is 0. The van der Waals surface area contributed by atoms with Gasteiger partial charge in [0.2, 0.25) is 0 Å². The number of hydrogen-bond acceptors (Lipinski definition) is 4. The molecule has 52 valence electrons. The Morgan fingerprint density at radius 1 is 1.67 bits per heavy atom. The summed E-state index contributed by atoms with van der Waals surface area (Å²) in [5, 5.41) is 0. The maximum atomic E-state index is 10.4. The first-order valence-electron chi connectivity index (χ1n) is 2.03. The van der Waals surface area contributed by atoms with E-state index in [2.05, 4.69) is 9.78 Å². The molecule has 0 bridgehead atoms. The molecule has 1 aliphatic heterocycles. The van der Waals surface area contributed by atoms with Crippen molar-refractivity contribution in [1.82, 2.24) is 0 Å². The van der Waals surface area contributed by atoms with E-state index in [0.717, 1.165) is 6.26 Å². The molecule has 0 unspecified atom stereocenters. The third kappa shape index (κ3) is 1.57. The van der Waals surface area contributed by atoms with E-state index < -0.39 is 9.05 Å². The fraction of sp³-hybridized carbons (Fsp3) is 0.333. The molecule has 1 aliphatic rings. The maximum Gasteiger partial charge on any atom is 0.263 e. The normalized spacial score (nSPS) is 19.0. The van der Waals surface area contributed by atoms with Crippen LogP contribution in [0.4, 0.5) is 0 Å². The first-order valence-corrected chi connectivity index (χ1v) is 4.33. The summed E-state index contributed by atoms with van der Waals surface area (Å²) in [5.41, 5.74) is 0. The lowest BCUT2D eigenvalue weighted by Gasteiger charge is -1.86. The van der Waals surface area contributed by atoms with Crippen molar-refractivity contribution in [1.29, 1.82) is 0 Å². The third-order valence-electron chi connectivity index (χ3n) is 0.762. The van der Waals surface area contributed by atoms with E-state index in [1.807, 2.05) is 0 Å². The van der Waals surface area contributed by atoms with Gasteiger partial charge in [-0.05, 0) is 0 Å². The van der Waals surface area contributed by atoms with Gasteiger partial charge in [0.05, 0.1) is 0 Å². The van der Waals surface area contributed by atoms with Crippen molar-refractivity contribution in [3.8, 4) is 0 Å². The van der Waals surface area contributed by atoms with Crippen LogP contribution in [0.15, 0.2) is 11.2 Å². The topological polar surface area (TPSA) is 52.6 Å². The van der Waals surface area contributed by atoms with Crippen LogP contribution in [0.3, 0.4) is 0 Å². The Kier molecular flexibility index (Phi) is 1.65. The minimum absolute atomic E-state index is 0.0517. The lowest BCUT2D eigenvalue weighted by atomic mass is 10.7. The molecule has 1 rings (SSSR count). The summed E-state index contributed by atoms with van der Waals surface area (Å²) in [4.78, 5) is 8.33. The standard InChI is InChI=1S/C3H3ClO4S/c4-9(5,6)3-1-7-8-2-3/h1H,2H2. The second-order valence-electron chi connectivity index (χ2n) is 1.38. The highest BCUT2D eigenvalue weighted by Crippen LogP contribution is 2.16. The van der Waals surface area contributed by atoms with Crippen LogP contribution in [-0.2, 0) is 18.8 Å².